The van der Waals surface area contributed by atoms with Gasteiger partial charge in [0.15, 0.2) is 12.6 Å². The van der Waals surface area contributed by atoms with E-state index in [9.17, 15) is 9.59 Å². The van der Waals surface area contributed by atoms with Crippen LogP contribution in [0.25, 0.3) is 0 Å². The topological polar surface area (TPSA) is 189 Å². The number of carbonyl (C=O) groups excluding carboxylic acids is 2. The molecule has 4 N–H and O–H groups in total. The Balaban J connectivity index is 0.000000401. The molecule has 0 heterocycles. The van der Waals surface area contributed by atoms with Crippen molar-refractivity contribution in [1.82, 2.24) is 0 Å². The van der Waals surface area contributed by atoms with Crippen molar-refractivity contribution in [3.63, 3.8) is 0 Å². The Morgan fingerprint density at radius 2 is 0.600 bits per heavy atom. The molecule has 0 aliphatic heterocycles. The van der Waals surface area contributed by atoms with E-state index in [1.54, 1.807) is 60.7 Å². The Bertz CT molecular complexity index is 4260. The molecular formula is C121H180O14. The number of aromatic hydroxyl groups is 4. The largest absolute Gasteiger partial charge is 0.513 e. The van der Waals surface area contributed by atoms with Crippen LogP contribution in [0.5, 0.6) is 46.0 Å². The summed E-state index contributed by atoms with van der Waals surface area (Å²) in [6, 6.07) is 71.6. The lowest BCUT2D eigenvalue weighted by Gasteiger charge is -2.22. The van der Waals surface area contributed by atoms with Crippen molar-refractivity contribution in [2.45, 2.75) is 385 Å². The summed E-state index contributed by atoms with van der Waals surface area (Å²) >= 11 is 0. The number of esters is 1. The van der Waals surface area contributed by atoms with Crippen LogP contribution in [-0.4, -0.2) is 77.7 Å². The SMILES string of the molecule is CCC(C)C(=O)OC(C)(C)C.CCC(C)c1ccc(C(C)(C)C)cc1.CCC(C)c1ccc(O)cc1.CCC(C)c1ccc(O)cc1.CCC(C)c1ccc(O)cc1.CCC(C)c1ccc(O)cc1.CCC(C)c1ccc(OC(=O)OC)cc1.CCC(C)c1ccc(OC(C)OCCC2CCCCC2)cc1.CCC(C)c1ccc(OC(C)OCCOc2ccc(C3CCCCC3)cc2)cc1. The fourth-order valence-electron chi connectivity index (χ4n) is 14.7. The summed E-state index contributed by atoms with van der Waals surface area (Å²) in [5, 5.41) is 36.0. The van der Waals surface area contributed by atoms with Gasteiger partial charge in [-0.1, -0.05) is 318 Å². The number of phenols is 4. The van der Waals surface area contributed by atoms with Gasteiger partial charge in [0.2, 0.25) is 0 Å². The Morgan fingerprint density at radius 1 is 0.326 bits per heavy atom. The Kier molecular flexibility index (Phi) is 59.0. The monoisotopic (exact) mass is 1860 g/mol. The second kappa shape index (κ2) is 66.7. The molecule has 0 aromatic heterocycles. The van der Waals surface area contributed by atoms with Gasteiger partial charge in [0.05, 0.1) is 26.2 Å². The quantitative estimate of drug-likeness (QED) is 0.0132. The molecule has 11 rings (SSSR count). The van der Waals surface area contributed by atoms with Gasteiger partial charge < -0.3 is 58.3 Å². The molecule has 14 heteroatoms. The standard InChI is InChI=1S/C26H36O3.C20H32O2.C14H22.C12H16O3.4C10H14O.C9H18O2/c1-4-20(2)22-10-16-26(17-11-22)29-21(3)27-18-19-28-25-14-12-24(13-15-25)23-8-6-5-7-9-23;1-4-16(2)19-10-12-20(13-11-19)22-17(3)21-15-14-18-8-6-5-7-9-18;1-6-11(2)12-7-9-13(10-8-12)14(3,4)5;1-4-9(2)10-5-7-11(8-6-10)15-12(13)14-3;4*1-3-8(2)9-4-6-10(11)7-5-9;1-6-7(2)8(10)11-9(3,4)5/h10-17,20-21,23H,4-9,18-19H2,1-3H3;10-13,16-18H,4-9,14-15H2,1-3H3;7-11H,6H2,1-5H3;5-9H,4H2,1-3H3;4*4-8,11H,3H2,1-2H3;7H,6H2,1-5H3. The fraction of sp³-hybridized carbons (Fsp3) is 0.537. The number of rotatable bonds is 33. The van der Waals surface area contributed by atoms with Crippen LogP contribution in [0.4, 0.5) is 4.79 Å². The van der Waals surface area contributed by atoms with E-state index in [-0.39, 0.29) is 35.5 Å². The van der Waals surface area contributed by atoms with Gasteiger partial charge in [0.1, 0.15) is 58.2 Å². The van der Waals surface area contributed by atoms with Gasteiger partial charge in [0.25, 0.3) is 0 Å². The maximum absolute atomic E-state index is 11.2. The third-order valence-electron chi connectivity index (χ3n) is 26.1. The van der Waals surface area contributed by atoms with Crippen LogP contribution in [0, 0.1) is 11.8 Å². The molecule has 748 valence electrons. The molecule has 9 aromatic carbocycles. The molecule has 2 aliphatic rings. The van der Waals surface area contributed by atoms with E-state index in [0.717, 1.165) is 80.6 Å². The van der Waals surface area contributed by atoms with Gasteiger partial charge in [0, 0.05) is 0 Å². The molecule has 0 spiro atoms. The van der Waals surface area contributed by atoms with Gasteiger partial charge in [-0.15, -0.1) is 0 Å². The van der Waals surface area contributed by atoms with Crippen molar-refractivity contribution in [3.05, 3.63) is 274 Å². The minimum atomic E-state index is -0.689. The minimum absolute atomic E-state index is 0.0224. The first-order valence-electron chi connectivity index (χ1n) is 51.1. The predicted molar refractivity (Wildman–Crippen MR) is 566 cm³/mol. The summed E-state index contributed by atoms with van der Waals surface area (Å²) in [7, 11) is 1.29. The van der Waals surface area contributed by atoms with E-state index in [1.165, 1.54) is 146 Å². The molecule has 2 aliphatic carbocycles. The summed E-state index contributed by atoms with van der Waals surface area (Å²) < 4.78 is 43.5. The van der Waals surface area contributed by atoms with E-state index < -0.39 is 6.16 Å². The van der Waals surface area contributed by atoms with Crippen molar-refractivity contribution in [2.24, 2.45) is 11.8 Å². The maximum Gasteiger partial charge on any atom is 0.513 e. The highest BCUT2D eigenvalue weighted by Crippen LogP contribution is 2.35. The molecule has 0 bridgehead atoms. The number of carbonyl (C=O) groups is 2. The van der Waals surface area contributed by atoms with Crippen molar-refractivity contribution in [2.75, 3.05) is 26.9 Å². The lowest BCUT2D eigenvalue weighted by atomic mass is 9.84. The van der Waals surface area contributed by atoms with Crippen LogP contribution >= 0.6 is 0 Å². The van der Waals surface area contributed by atoms with E-state index in [4.69, 9.17) is 53.6 Å². The zero-order valence-corrected chi connectivity index (χ0v) is 88.4. The van der Waals surface area contributed by atoms with Gasteiger partial charge >= 0.3 is 12.1 Å². The zero-order valence-electron chi connectivity index (χ0n) is 88.4. The maximum atomic E-state index is 11.2. The summed E-state index contributed by atoms with van der Waals surface area (Å²) in [5.41, 5.74) is 13.4. The fourth-order valence-corrected chi connectivity index (χ4v) is 14.7. The number of benzene rings is 9. The van der Waals surface area contributed by atoms with E-state index in [1.807, 2.05) is 121 Å². The molecule has 0 saturated heterocycles. The molecule has 0 radical (unpaired) electrons. The molecule has 2 fully saturated rings. The molecule has 14 nitrogen and oxygen atoms in total. The first-order valence-corrected chi connectivity index (χ1v) is 51.1. The lowest BCUT2D eigenvalue weighted by molar-refractivity contribution is -0.159. The molecule has 11 unspecified atom stereocenters. The summed E-state index contributed by atoms with van der Waals surface area (Å²) in [6.45, 7) is 57.2. The molecule has 0 amide bonds. The second-order valence-electron chi connectivity index (χ2n) is 39.0. The molecule has 9 aromatic rings. The number of phenolic OH excluding ortho intramolecular Hbond substituents is 4. The van der Waals surface area contributed by atoms with E-state index in [2.05, 4.69) is 221 Å². The Labute approximate surface area is 819 Å². The van der Waals surface area contributed by atoms with Crippen LogP contribution in [0.1, 0.15) is 417 Å². The zero-order chi connectivity index (χ0) is 100. The minimum Gasteiger partial charge on any atom is -0.508 e. The lowest BCUT2D eigenvalue weighted by Crippen LogP contribution is -2.27. The van der Waals surface area contributed by atoms with Crippen molar-refractivity contribution >= 4 is 12.1 Å². The van der Waals surface area contributed by atoms with E-state index in [0.29, 0.717) is 89.3 Å². The van der Waals surface area contributed by atoms with Crippen LogP contribution in [0.15, 0.2) is 218 Å². The number of methoxy groups -OCH3 is 1. The van der Waals surface area contributed by atoms with Crippen LogP contribution in [-0.2, 0) is 29.2 Å². The number of hydrogen-bond acceptors (Lipinski definition) is 14. The summed E-state index contributed by atoms with van der Waals surface area (Å²) in [5.74, 6) is 10.8. The third-order valence-corrected chi connectivity index (χ3v) is 26.1. The molecule has 11 atom stereocenters. The smallest absolute Gasteiger partial charge is 0.508 e. The number of ether oxygens (including phenoxy) is 8. The molecular weight excluding hydrogens is 1680 g/mol. The third kappa shape index (κ3) is 50.2. The van der Waals surface area contributed by atoms with Crippen LogP contribution in [0.3, 0.4) is 0 Å². The van der Waals surface area contributed by atoms with Gasteiger partial charge in [-0.3, -0.25) is 4.79 Å². The first-order chi connectivity index (χ1) is 64.3. The highest BCUT2D eigenvalue weighted by atomic mass is 16.7. The second-order valence-corrected chi connectivity index (χ2v) is 39.0. The Morgan fingerprint density at radius 3 is 0.881 bits per heavy atom. The molecule has 2 saturated carbocycles. The van der Waals surface area contributed by atoms with Crippen molar-refractivity contribution in [1.29, 1.82) is 0 Å². The van der Waals surface area contributed by atoms with Crippen molar-refractivity contribution < 1.29 is 67.9 Å². The van der Waals surface area contributed by atoms with E-state index >= 15 is 0 Å². The normalized spacial score (nSPS) is 14.9. The molecule has 135 heavy (non-hydrogen) atoms. The highest BCUT2D eigenvalue weighted by molar-refractivity contribution is 5.72. The van der Waals surface area contributed by atoms with Crippen LogP contribution in [0.2, 0.25) is 0 Å². The predicted octanol–water partition coefficient (Wildman–Crippen LogP) is 34.8. The van der Waals surface area contributed by atoms with Crippen molar-refractivity contribution in [3.8, 4) is 46.0 Å². The average molecular weight is 1860 g/mol. The summed E-state index contributed by atoms with van der Waals surface area (Å²) in [6.07, 6.45) is 23.8. The summed E-state index contributed by atoms with van der Waals surface area (Å²) in [4.78, 5) is 22.0. The first kappa shape index (κ1) is 119. The van der Waals surface area contributed by atoms with Crippen LogP contribution < -0.4 is 18.9 Å². The number of hydrogen-bond donors (Lipinski definition) is 4. The van der Waals surface area contributed by atoms with Gasteiger partial charge in [-0.2, -0.15) is 0 Å². The highest BCUT2D eigenvalue weighted by Gasteiger charge is 2.22. The average Bonchev–Trinajstić information content (AvgIpc) is 0.848. The van der Waals surface area contributed by atoms with Gasteiger partial charge in [-0.05, 0) is 329 Å². The van der Waals surface area contributed by atoms with Gasteiger partial charge in [-0.25, -0.2) is 4.79 Å². The Hall–Kier alpha value is -9.76.